The highest BCUT2D eigenvalue weighted by Crippen LogP contribution is 2.36. The number of benzene rings is 2. The van der Waals surface area contributed by atoms with Crippen molar-refractivity contribution in [3.8, 4) is 17.2 Å². The molecule has 10 nitrogen and oxygen atoms in total. The molecule has 0 radical (unpaired) electrons. The third-order valence-corrected chi connectivity index (χ3v) is 6.44. The van der Waals surface area contributed by atoms with Crippen molar-refractivity contribution in [2.75, 3.05) is 34.5 Å². The van der Waals surface area contributed by atoms with Crippen molar-refractivity contribution >= 4 is 40.6 Å². The summed E-state index contributed by atoms with van der Waals surface area (Å²) in [6.45, 7) is 0.754. The number of rotatable bonds is 11. The van der Waals surface area contributed by atoms with Crippen LogP contribution in [0.3, 0.4) is 0 Å². The summed E-state index contributed by atoms with van der Waals surface area (Å²) in [6.07, 6.45) is 1.77. The first kappa shape index (κ1) is 26.8. The number of furan rings is 1. The first-order valence-corrected chi connectivity index (χ1v) is 12.3. The molecule has 0 saturated carbocycles. The van der Waals surface area contributed by atoms with Crippen LogP contribution in [-0.4, -0.2) is 61.5 Å². The maximum atomic E-state index is 13.2. The predicted molar refractivity (Wildman–Crippen MR) is 142 cm³/mol. The number of nitrogens with zero attached hydrogens (tertiary/aromatic N) is 2. The van der Waals surface area contributed by atoms with E-state index in [0.717, 1.165) is 11.3 Å². The van der Waals surface area contributed by atoms with Crippen molar-refractivity contribution in [1.82, 2.24) is 4.90 Å². The Morgan fingerprint density at radius 1 is 1.05 bits per heavy atom. The number of aliphatic imine (C=N–C) groups is 1. The van der Waals surface area contributed by atoms with Crippen molar-refractivity contribution in [3.63, 3.8) is 0 Å². The fraction of sp³-hybridized carbons (Fsp3) is 0.222. The zero-order chi connectivity index (χ0) is 27.1. The highest BCUT2D eigenvalue weighted by molar-refractivity contribution is 8.18. The molecular weight excluding hydrogens is 512 g/mol. The van der Waals surface area contributed by atoms with Crippen molar-refractivity contribution in [2.24, 2.45) is 4.99 Å². The third-order valence-electron chi connectivity index (χ3n) is 5.43. The largest absolute Gasteiger partial charge is 0.497 e. The van der Waals surface area contributed by atoms with Gasteiger partial charge in [-0.15, -0.1) is 0 Å². The van der Waals surface area contributed by atoms with Gasteiger partial charge in [-0.2, -0.15) is 0 Å². The number of carboxylic acids is 1. The number of ether oxygens (including phenoxy) is 4. The van der Waals surface area contributed by atoms with Gasteiger partial charge in [-0.1, -0.05) is 6.07 Å². The Morgan fingerprint density at radius 2 is 1.84 bits per heavy atom. The minimum atomic E-state index is -1.15. The lowest BCUT2D eigenvalue weighted by atomic mass is 10.2. The lowest BCUT2D eigenvalue weighted by molar-refractivity contribution is -0.122. The van der Waals surface area contributed by atoms with E-state index in [-0.39, 0.29) is 18.3 Å². The van der Waals surface area contributed by atoms with Crippen molar-refractivity contribution in [1.29, 1.82) is 0 Å². The Morgan fingerprint density at radius 3 is 2.50 bits per heavy atom. The van der Waals surface area contributed by atoms with E-state index in [1.807, 2.05) is 24.3 Å². The van der Waals surface area contributed by atoms with Crippen LogP contribution in [0.5, 0.6) is 17.2 Å². The molecule has 2 aromatic carbocycles. The SMILES string of the molecule is COCCN1C(=O)/C(=C/c2ccc(OCc3ccc(C(=O)O)o3)c(OC)c2)SC1=Nc1ccc(OC)cc1. The van der Waals surface area contributed by atoms with Crippen LogP contribution in [-0.2, 0) is 16.1 Å². The molecule has 1 saturated heterocycles. The average Bonchev–Trinajstić information content (AvgIpc) is 3.52. The van der Waals surface area contributed by atoms with E-state index in [4.69, 9.17) is 28.5 Å². The Bertz CT molecular complexity index is 1360. The van der Waals surface area contributed by atoms with Gasteiger partial charge >= 0.3 is 5.97 Å². The summed E-state index contributed by atoms with van der Waals surface area (Å²) in [4.78, 5) is 31.0. The first-order valence-electron chi connectivity index (χ1n) is 11.5. The van der Waals surface area contributed by atoms with Gasteiger partial charge in [-0.05, 0) is 71.9 Å². The lowest BCUT2D eigenvalue weighted by Gasteiger charge is -2.14. The van der Waals surface area contributed by atoms with Gasteiger partial charge in [-0.3, -0.25) is 9.69 Å². The van der Waals surface area contributed by atoms with E-state index in [1.165, 1.54) is 31.0 Å². The summed E-state index contributed by atoms with van der Waals surface area (Å²) >= 11 is 1.28. The Hall–Kier alpha value is -4.22. The van der Waals surface area contributed by atoms with Gasteiger partial charge < -0.3 is 28.5 Å². The number of methoxy groups -OCH3 is 3. The van der Waals surface area contributed by atoms with Crippen LogP contribution >= 0.6 is 11.8 Å². The van der Waals surface area contributed by atoms with Gasteiger partial charge in [-0.25, -0.2) is 9.79 Å². The molecule has 4 rings (SSSR count). The summed E-state index contributed by atoms with van der Waals surface area (Å²) in [5.74, 6) is 0.486. The van der Waals surface area contributed by atoms with Gasteiger partial charge in [0, 0.05) is 7.11 Å². The number of amides is 1. The van der Waals surface area contributed by atoms with Crippen LogP contribution in [0.2, 0.25) is 0 Å². The molecule has 1 N–H and O–H groups in total. The van der Waals surface area contributed by atoms with Crippen LogP contribution in [0.1, 0.15) is 21.9 Å². The van der Waals surface area contributed by atoms with Gasteiger partial charge in [0.2, 0.25) is 5.76 Å². The second-order valence-electron chi connectivity index (χ2n) is 7.92. The maximum absolute atomic E-state index is 13.2. The second-order valence-corrected chi connectivity index (χ2v) is 8.93. The molecule has 0 atom stereocenters. The zero-order valence-corrected chi connectivity index (χ0v) is 21.8. The fourth-order valence-corrected chi connectivity index (χ4v) is 4.53. The number of thioether (sulfide) groups is 1. The predicted octanol–water partition coefficient (Wildman–Crippen LogP) is 4.82. The minimum absolute atomic E-state index is 0.0259. The van der Waals surface area contributed by atoms with E-state index < -0.39 is 5.97 Å². The van der Waals surface area contributed by atoms with Crippen LogP contribution in [0.15, 0.2) is 68.9 Å². The van der Waals surface area contributed by atoms with Crippen molar-refractivity contribution in [2.45, 2.75) is 6.61 Å². The number of carbonyl (C=O) groups excluding carboxylic acids is 1. The van der Waals surface area contributed by atoms with Gasteiger partial charge in [0.15, 0.2) is 16.7 Å². The van der Waals surface area contributed by atoms with E-state index in [2.05, 4.69) is 4.99 Å². The summed E-state index contributed by atoms with van der Waals surface area (Å²) < 4.78 is 26.8. The summed E-state index contributed by atoms with van der Waals surface area (Å²) in [6, 6.07) is 15.4. The van der Waals surface area contributed by atoms with Crippen molar-refractivity contribution < 1.29 is 38.1 Å². The number of amidine groups is 1. The lowest BCUT2D eigenvalue weighted by Crippen LogP contribution is -2.32. The number of hydrogen-bond donors (Lipinski definition) is 1. The van der Waals surface area contributed by atoms with Gasteiger partial charge in [0.05, 0.1) is 38.0 Å². The van der Waals surface area contributed by atoms with Gasteiger partial charge in [0.25, 0.3) is 5.91 Å². The molecule has 2 heterocycles. The fourth-order valence-electron chi connectivity index (χ4n) is 3.50. The molecule has 1 amide bonds. The molecular formula is C27H26N2O8S. The second kappa shape index (κ2) is 12.3. The monoisotopic (exact) mass is 538 g/mol. The molecule has 1 aliphatic heterocycles. The van der Waals surface area contributed by atoms with Crippen LogP contribution < -0.4 is 14.2 Å². The summed E-state index contributed by atoms with van der Waals surface area (Å²) in [5, 5.41) is 9.54. The molecule has 198 valence electrons. The van der Waals surface area contributed by atoms with E-state index >= 15 is 0 Å². The quantitative estimate of drug-likeness (QED) is 0.343. The smallest absolute Gasteiger partial charge is 0.371 e. The number of carboxylic acid groups (broad SMARTS) is 1. The zero-order valence-electron chi connectivity index (χ0n) is 21.0. The molecule has 1 fully saturated rings. The highest BCUT2D eigenvalue weighted by Gasteiger charge is 2.33. The Kier molecular flexibility index (Phi) is 8.72. The Balaban J connectivity index is 1.54. The van der Waals surface area contributed by atoms with E-state index in [1.54, 1.807) is 43.4 Å². The summed E-state index contributed by atoms with van der Waals surface area (Å²) in [5.41, 5.74) is 1.42. The van der Waals surface area contributed by atoms with E-state index in [0.29, 0.717) is 46.2 Å². The molecule has 0 unspecified atom stereocenters. The number of hydrogen-bond acceptors (Lipinski definition) is 9. The normalized spacial score (nSPS) is 15.3. The number of carbonyl (C=O) groups is 2. The van der Waals surface area contributed by atoms with E-state index in [9.17, 15) is 9.59 Å². The molecule has 38 heavy (non-hydrogen) atoms. The van der Waals surface area contributed by atoms with Crippen LogP contribution in [0.4, 0.5) is 5.69 Å². The summed E-state index contributed by atoms with van der Waals surface area (Å²) in [7, 11) is 4.69. The Labute approximate surface area is 223 Å². The molecule has 1 aliphatic rings. The molecule has 3 aromatic rings. The standard InChI is InChI=1S/C27H26N2O8S/c1-33-13-12-29-25(30)24(38-27(29)28-18-5-7-19(34-2)8-6-18)15-17-4-10-21(23(14-17)35-3)36-16-20-9-11-22(37-20)26(31)32/h4-11,14-15H,12-13,16H2,1-3H3,(H,31,32)/b24-15-,28-27?. The van der Waals surface area contributed by atoms with Crippen LogP contribution in [0.25, 0.3) is 6.08 Å². The maximum Gasteiger partial charge on any atom is 0.371 e. The third kappa shape index (κ3) is 6.36. The first-order chi connectivity index (χ1) is 18.4. The topological polar surface area (TPSA) is 120 Å². The van der Waals surface area contributed by atoms with Crippen LogP contribution in [0, 0.1) is 0 Å². The average molecular weight is 539 g/mol. The molecule has 1 aromatic heterocycles. The molecule has 11 heteroatoms. The number of aromatic carboxylic acids is 1. The molecule has 0 bridgehead atoms. The van der Waals surface area contributed by atoms with Gasteiger partial charge in [0.1, 0.15) is 18.1 Å². The molecule has 0 spiro atoms. The minimum Gasteiger partial charge on any atom is -0.497 e. The molecule has 0 aliphatic carbocycles. The highest BCUT2D eigenvalue weighted by atomic mass is 32.2. The van der Waals surface area contributed by atoms with Crippen molar-refractivity contribution in [3.05, 3.63) is 76.6 Å².